The fraction of sp³-hybridized carbons (Fsp3) is 0.0769. The number of amidine groups is 1. The molecule has 2 rings (SSSR count). The molecule has 0 aliphatic heterocycles. The average Bonchev–Trinajstić information content (AvgIpc) is 2.34. The number of hydrogen-bond acceptors (Lipinski definition) is 3. The van der Waals surface area contributed by atoms with Crippen molar-refractivity contribution in [1.29, 1.82) is 5.41 Å². The molecule has 1 heterocycles. The zero-order valence-electron chi connectivity index (χ0n) is 9.77. The number of nitrogen functional groups attached to an aromatic ring is 1. The van der Waals surface area contributed by atoms with Gasteiger partial charge in [0, 0.05) is 6.07 Å². The Balaban J connectivity index is 2.23. The number of nitrogens with zero attached hydrogens (tertiary/aromatic N) is 1. The van der Waals surface area contributed by atoms with E-state index in [0.29, 0.717) is 17.2 Å². The summed E-state index contributed by atoms with van der Waals surface area (Å²) in [5.41, 5.74) is 6.49. The summed E-state index contributed by atoms with van der Waals surface area (Å²) in [4.78, 5) is 3.96. The average molecular weight is 245 g/mol. The maximum Gasteiger partial charge on any atom is 0.145 e. The third-order valence-corrected chi connectivity index (χ3v) is 2.39. The molecule has 0 amide bonds. The molecule has 1 aromatic heterocycles. The number of rotatable bonds is 3. The summed E-state index contributed by atoms with van der Waals surface area (Å²) >= 11 is 0. The first-order valence-corrected chi connectivity index (χ1v) is 5.31. The van der Waals surface area contributed by atoms with Crippen LogP contribution in [0.25, 0.3) is 0 Å². The molecule has 5 heteroatoms. The van der Waals surface area contributed by atoms with Gasteiger partial charge in [0.2, 0.25) is 0 Å². The van der Waals surface area contributed by atoms with E-state index in [1.807, 2.05) is 6.92 Å². The normalized spacial score (nSPS) is 10.1. The van der Waals surface area contributed by atoms with Gasteiger partial charge in [0.1, 0.15) is 28.8 Å². The number of halogens is 1. The van der Waals surface area contributed by atoms with Crippen LogP contribution in [0.4, 0.5) is 4.39 Å². The van der Waals surface area contributed by atoms with Crippen LogP contribution in [0.1, 0.15) is 11.3 Å². The predicted octanol–water partition coefficient (Wildman–Crippen LogP) is 2.61. The Bertz CT molecular complexity index is 581. The number of ether oxygens (including phenoxy) is 1. The lowest BCUT2D eigenvalue weighted by Crippen LogP contribution is -2.12. The molecule has 18 heavy (non-hydrogen) atoms. The van der Waals surface area contributed by atoms with Crippen molar-refractivity contribution in [3.8, 4) is 11.5 Å². The maximum absolute atomic E-state index is 13.1. The van der Waals surface area contributed by atoms with Crippen LogP contribution in [0, 0.1) is 18.2 Å². The summed E-state index contributed by atoms with van der Waals surface area (Å²) in [6.07, 6.45) is 1.45. The Morgan fingerprint density at radius 2 is 2.11 bits per heavy atom. The maximum atomic E-state index is 13.1. The molecule has 0 bridgehead atoms. The van der Waals surface area contributed by atoms with Crippen molar-refractivity contribution >= 4 is 5.84 Å². The van der Waals surface area contributed by atoms with Crippen LogP contribution in [0.5, 0.6) is 11.5 Å². The summed E-state index contributed by atoms with van der Waals surface area (Å²) in [5, 5.41) is 7.21. The van der Waals surface area contributed by atoms with E-state index in [4.69, 9.17) is 15.9 Å². The largest absolute Gasteiger partial charge is 0.455 e. The van der Waals surface area contributed by atoms with E-state index >= 15 is 0 Å². The van der Waals surface area contributed by atoms with E-state index in [1.165, 1.54) is 18.3 Å². The smallest absolute Gasteiger partial charge is 0.145 e. The van der Waals surface area contributed by atoms with Gasteiger partial charge in [0.15, 0.2) is 0 Å². The van der Waals surface area contributed by atoms with Gasteiger partial charge < -0.3 is 10.5 Å². The monoisotopic (exact) mass is 245 g/mol. The van der Waals surface area contributed by atoms with E-state index in [0.717, 1.165) is 5.56 Å². The molecule has 0 fully saturated rings. The molecule has 0 aliphatic rings. The minimum absolute atomic E-state index is 0.108. The van der Waals surface area contributed by atoms with Crippen molar-refractivity contribution < 1.29 is 9.13 Å². The molecular formula is C13H12FN3O. The Labute approximate surface area is 104 Å². The van der Waals surface area contributed by atoms with Crippen LogP contribution in [0.15, 0.2) is 36.5 Å². The molecule has 0 unspecified atom stereocenters. The fourth-order valence-corrected chi connectivity index (χ4v) is 1.41. The van der Waals surface area contributed by atoms with Gasteiger partial charge in [0.05, 0.1) is 6.20 Å². The van der Waals surface area contributed by atoms with Gasteiger partial charge in [-0.15, -0.1) is 0 Å². The van der Waals surface area contributed by atoms with Crippen LogP contribution < -0.4 is 10.5 Å². The second-order valence-electron chi connectivity index (χ2n) is 3.80. The Kier molecular flexibility index (Phi) is 3.23. The SMILES string of the molecule is Cc1ccc(F)cc1Oc1ccc(C(=N)N)nc1. The van der Waals surface area contributed by atoms with Crippen LogP contribution in [0.3, 0.4) is 0 Å². The first kappa shape index (κ1) is 12.0. The third-order valence-electron chi connectivity index (χ3n) is 2.39. The predicted molar refractivity (Wildman–Crippen MR) is 66.5 cm³/mol. The summed E-state index contributed by atoms with van der Waals surface area (Å²) in [6.45, 7) is 1.83. The minimum Gasteiger partial charge on any atom is -0.455 e. The highest BCUT2D eigenvalue weighted by molar-refractivity contribution is 5.92. The van der Waals surface area contributed by atoms with Gasteiger partial charge in [0.25, 0.3) is 0 Å². The lowest BCUT2D eigenvalue weighted by molar-refractivity contribution is 0.470. The molecule has 0 aliphatic carbocycles. The molecular weight excluding hydrogens is 233 g/mol. The summed E-state index contributed by atoms with van der Waals surface area (Å²) in [5.74, 6) is 0.438. The molecule has 0 spiro atoms. The number of benzene rings is 1. The van der Waals surface area contributed by atoms with Crippen molar-refractivity contribution in [3.63, 3.8) is 0 Å². The van der Waals surface area contributed by atoms with Gasteiger partial charge >= 0.3 is 0 Å². The first-order valence-electron chi connectivity index (χ1n) is 5.31. The van der Waals surface area contributed by atoms with E-state index in [9.17, 15) is 4.39 Å². The van der Waals surface area contributed by atoms with Crippen molar-refractivity contribution in [2.24, 2.45) is 5.73 Å². The molecule has 2 aromatic rings. The van der Waals surface area contributed by atoms with Crippen LogP contribution >= 0.6 is 0 Å². The Morgan fingerprint density at radius 1 is 1.33 bits per heavy atom. The zero-order valence-corrected chi connectivity index (χ0v) is 9.77. The quantitative estimate of drug-likeness (QED) is 0.645. The van der Waals surface area contributed by atoms with Crippen molar-refractivity contribution in [2.75, 3.05) is 0 Å². The molecule has 3 N–H and O–H groups in total. The summed E-state index contributed by atoms with van der Waals surface area (Å²) < 4.78 is 18.6. The van der Waals surface area contributed by atoms with E-state index in [2.05, 4.69) is 4.98 Å². The lowest BCUT2D eigenvalue weighted by atomic mass is 10.2. The number of nitrogens with two attached hydrogens (primary N) is 1. The number of aromatic nitrogens is 1. The van der Waals surface area contributed by atoms with Crippen LogP contribution in [-0.2, 0) is 0 Å². The topological polar surface area (TPSA) is 72.0 Å². The molecule has 1 aromatic carbocycles. The summed E-state index contributed by atoms with van der Waals surface area (Å²) in [7, 11) is 0. The molecule has 92 valence electrons. The zero-order chi connectivity index (χ0) is 13.1. The van der Waals surface area contributed by atoms with Crippen molar-refractivity contribution in [2.45, 2.75) is 6.92 Å². The number of aryl methyl sites for hydroxylation is 1. The van der Waals surface area contributed by atoms with Gasteiger partial charge in [-0.25, -0.2) is 9.37 Å². The standard InChI is InChI=1S/C13H12FN3O/c1-8-2-3-9(14)6-12(8)18-10-4-5-11(13(15)16)17-7-10/h2-7H,1H3,(H3,15,16). The Morgan fingerprint density at radius 3 is 2.72 bits per heavy atom. The molecule has 0 radical (unpaired) electrons. The van der Waals surface area contributed by atoms with E-state index in [1.54, 1.807) is 18.2 Å². The van der Waals surface area contributed by atoms with Gasteiger partial charge in [-0.2, -0.15) is 0 Å². The molecule has 0 saturated carbocycles. The highest BCUT2D eigenvalue weighted by Gasteiger charge is 2.04. The third kappa shape index (κ3) is 2.63. The van der Waals surface area contributed by atoms with Crippen molar-refractivity contribution in [1.82, 2.24) is 4.98 Å². The molecule has 0 saturated heterocycles. The van der Waals surface area contributed by atoms with Gasteiger partial charge in [-0.3, -0.25) is 5.41 Å². The Hall–Kier alpha value is -2.43. The van der Waals surface area contributed by atoms with E-state index in [-0.39, 0.29) is 11.7 Å². The minimum atomic E-state index is -0.357. The first-order chi connectivity index (χ1) is 8.56. The fourth-order valence-electron chi connectivity index (χ4n) is 1.41. The van der Waals surface area contributed by atoms with Crippen LogP contribution in [0.2, 0.25) is 0 Å². The second kappa shape index (κ2) is 4.83. The van der Waals surface area contributed by atoms with Gasteiger partial charge in [-0.1, -0.05) is 6.07 Å². The van der Waals surface area contributed by atoms with Crippen molar-refractivity contribution in [3.05, 3.63) is 53.6 Å². The number of hydrogen-bond donors (Lipinski definition) is 2. The highest BCUT2D eigenvalue weighted by Crippen LogP contribution is 2.25. The number of pyridine rings is 1. The number of nitrogens with one attached hydrogen (secondary N) is 1. The lowest BCUT2D eigenvalue weighted by Gasteiger charge is -2.08. The highest BCUT2D eigenvalue weighted by atomic mass is 19.1. The molecule has 4 nitrogen and oxygen atoms in total. The van der Waals surface area contributed by atoms with E-state index < -0.39 is 0 Å². The van der Waals surface area contributed by atoms with Crippen LogP contribution in [-0.4, -0.2) is 10.8 Å². The second-order valence-corrected chi connectivity index (χ2v) is 3.80. The van der Waals surface area contributed by atoms with Gasteiger partial charge in [-0.05, 0) is 30.7 Å². The molecule has 0 atom stereocenters. The summed E-state index contributed by atoms with van der Waals surface area (Å²) in [6, 6.07) is 7.54.